The molecule has 2 aromatic carbocycles. The fraction of sp³-hybridized carbons (Fsp3) is 0.535. The number of Topliss-reactive ketones (excluding diaryl/α,β-unsaturated/α-hetero) is 2. The van der Waals surface area contributed by atoms with Crippen molar-refractivity contribution >= 4 is 17.8 Å². The molecule has 0 radical (unpaired) electrons. The Morgan fingerprint density at radius 1 is 0.923 bits per heavy atom. The highest BCUT2D eigenvalue weighted by Crippen LogP contribution is 2.42. The molecular weight excluding hydrogens is 654 g/mol. The Balaban J connectivity index is 0.000000350. The molecule has 3 heterocycles. The van der Waals surface area contributed by atoms with Crippen molar-refractivity contribution in [2.24, 2.45) is 16.8 Å². The lowest BCUT2D eigenvalue weighted by molar-refractivity contribution is -0.872. The number of fused-ring (bicyclic) bond motifs is 4. The molecule has 0 spiro atoms. The van der Waals surface area contributed by atoms with Gasteiger partial charge in [0.1, 0.15) is 11.6 Å². The van der Waals surface area contributed by atoms with Crippen molar-refractivity contribution in [2.75, 3.05) is 75.5 Å². The van der Waals surface area contributed by atoms with E-state index in [0.29, 0.717) is 44.3 Å². The van der Waals surface area contributed by atoms with Crippen molar-refractivity contribution < 1.29 is 49.5 Å². The summed E-state index contributed by atoms with van der Waals surface area (Å²) in [6.07, 6.45) is 4.68. The first-order valence-corrected chi connectivity index (χ1v) is 17.4. The number of nitrogens with zero attached hydrogens (tertiary/aromatic N) is 3. The quantitative estimate of drug-likeness (QED) is 0.134. The molecule has 0 amide bonds. The molecule has 1 unspecified atom stereocenters. The summed E-state index contributed by atoms with van der Waals surface area (Å²) in [5.41, 5.74) is 5.24. The van der Waals surface area contributed by atoms with Gasteiger partial charge in [0.05, 0.1) is 78.2 Å². The minimum absolute atomic E-state index is 0.0819. The first kappa shape index (κ1) is 28.5. The molecule has 0 aliphatic carbocycles. The minimum Gasteiger partial charge on any atom is -0.493 e. The number of piperidine rings is 1. The number of methoxy groups -OCH3 is 4. The number of benzene rings is 2. The van der Waals surface area contributed by atoms with Gasteiger partial charge < -0.3 is 30.4 Å². The number of ketones is 2. The highest BCUT2D eigenvalue weighted by Gasteiger charge is 2.38. The van der Waals surface area contributed by atoms with E-state index in [1.807, 2.05) is 13.8 Å². The molecule has 2 aromatic rings. The van der Waals surface area contributed by atoms with Crippen LogP contribution in [0, 0.1) is 18.8 Å². The van der Waals surface area contributed by atoms with E-state index in [-0.39, 0.29) is 52.4 Å². The maximum Gasteiger partial charge on any atom is 0.161 e. The van der Waals surface area contributed by atoms with Crippen LogP contribution in [0.2, 0.25) is 0 Å². The van der Waals surface area contributed by atoms with Gasteiger partial charge in [-0.2, -0.15) is 6.92 Å². The summed E-state index contributed by atoms with van der Waals surface area (Å²) >= 11 is 0. The third-order valence-electron chi connectivity index (χ3n) is 8.90. The largest absolute Gasteiger partial charge is 0.493 e. The normalized spacial score (nSPS) is 22.2. The second kappa shape index (κ2) is 20.9. The molecule has 3 atom stereocenters. The fourth-order valence-corrected chi connectivity index (χ4v) is 6.60. The van der Waals surface area contributed by atoms with E-state index in [1.54, 1.807) is 20.1 Å². The summed E-state index contributed by atoms with van der Waals surface area (Å²) in [7, 11) is -4.55. The summed E-state index contributed by atoms with van der Waals surface area (Å²) in [4.78, 5) is 30.3. The van der Waals surface area contributed by atoms with Gasteiger partial charge in [0.2, 0.25) is 0 Å². The van der Waals surface area contributed by atoms with Gasteiger partial charge in [0.15, 0.2) is 23.0 Å². The third kappa shape index (κ3) is 12.9. The molecule has 0 N–H and O–H groups in total. The SMILES string of the molecule is C=C(C)CC(C[N+](C)(C)C)C(C)=O.[2H]C([2H])([2H])Oc1cc2c(cc1OC([2H])([2H])[2H])CCN=C2.[2H]C([2H])([2H])Oc1cc2c(cc1OC([2H])([2H])[2H])[C@@H]1CC(=O)[C@@H](CC(=C)C)CN1CC2.[CH2-]C. The van der Waals surface area contributed by atoms with Gasteiger partial charge in [0.25, 0.3) is 0 Å². The summed E-state index contributed by atoms with van der Waals surface area (Å²) in [6, 6.07) is 5.80. The van der Waals surface area contributed by atoms with Gasteiger partial charge in [-0.25, -0.2) is 0 Å². The van der Waals surface area contributed by atoms with Crippen LogP contribution in [-0.4, -0.2) is 103 Å². The molecule has 9 nitrogen and oxygen atoms in total. The van der Waals surface area contributed by atoms with E-state index in [4.69, 9.17) is 35.4 Å². The van der Waals surface area contributed by atoms with Crippen molar-refractivity contribution in [2.45, 2.75) is 65.8 Å². The van der Waals surface area contributed by atoms with Crippen molar-refractivity contribution in [3.05, 3.63) is 77.7 Å². The zero-order valence-corrected chi connectivity index (χ0v) is 31.9. The Morgan fingerprint density at radius 3 is 2.04 bits per heavy atom. The zero-order valence-electron chi connectivity index (χ0n) is 43.9. The molecule has 5 rings (SSSR count). The van der Waals surface area contributed by atoms with Gasteiger partial charge in [-0.15, -0.1) is 13.2 Å². The second-order valence-corrected chi connectivity index (χ2v) is 14.4. The molecule has 1 saturated heterocycles. The van der Waals surface area contributed by atoms with Crippen molar-refractivity contribution in [1.29, 1.82) is 0 Å². The Bertz CT molecular complexity index is 1970. The molecular formula is C43H65N3O6. The number of aliphatic imine (C=N–C) groups is 1. The average Bonchev–Trinajstić information content (AvgIpc) is 3.10. The van der Waals surface area contributed by atoms with Gasteiger partial charge in [0, 0.05) is 44.2 Å². The Hall–Kier alpha value is -3.95. The van der Waals surface area contributed by atoms with E-state index in [0.717, 1.165) is 51.8 Å². The molecule has 0 aromatic heterocycles. The van der Waals surface area contributed by atoms with Crippen LogP contribution in [0.3, 0.4) is 0 Å². The molecule has 0 bridgehead atoms. The summed E-state index contributed by atoms with van der Waals surface area (Å²) < 4.78 is 107. The minimum atomic E-state index is -2.76. The first-order valence-electron chi connectivity index (χ1n) is 23.4. The molecule has 3 aliphatic rings. The molecule has 3 aliphatic heterocycles. The third-order valence-corrected chi connectivity index (χ3v) is 8.90. The van der Waals surface area contributed by atoms with Crippen molar-refractivity contribution in [1.82, 2.24) is 4.90 Å². The van der Waals surface area contributed by atoms with Gasteiger partial charge in [-0.1, -0.05) is 11.1 Å². The lowest BCUT2D eigenvalue weighted by Gasteiger charge is -2.43. The maximum absolute atomic E-state index is 12.7. The van der Waals surface area contributed by atoms with Crippen LogP contribution in [-0.2, 0) is 22.4 Å². The van der Waals surface area contributed by atoms with E-state index < -0.39 is 28.2 Å². The van der Waals surface area contributed by atoms with E-state index >= 15 is 0 Å². The molecule has 1 fully saturated rings. The summed E-state index contributed by atoms with van der Waals surface area (Å²) in [5.74, 6) is -0.0319. The molecule has 9 heteroatoms. The number of rotatable bonds is 11. The number of quaternary nitrogens is 1. The molecule has 288 valence electrons. The second-order valence-electron chi connectivity index (χ2n) is 14.4. The average molecular weight is 732 g/mol. The van der Waals surface area contributed by atoms with Crippen LogP contribution in [0.15, 0.2) is 53.6 Å². The standard InChI is InChI=1S/C19H25NO3.C11H13NO2.C11H22NO.C2H5/c1-12(2)7-14-11-20-6-5-13-8-18(22-3)19(23-4)9-15(13)16(20)10-17(14)21;1-13-10-5-8-3-4-12-7-9(8)6-11(10)14-2;1-9(2)7-11(10(3)13)8-12(4,5)6;1-2/h8-9,14,16H,1,5-7,10-11H2,2-4H3;5-7H,3-4H2,1-2H3;11H,1,7-8H2,2-6H3;1H2,2H3/q;;+1;-1/t14-,16-;;;/m0.../s1/i3D3,4D3;1D3,2D3;;. The lowest BCUT2D eigenvalue weighted by atomic mass is 9.81. The fourth-order valence-electron chi connectivity index (χ4n) is 6.60. The molecule has 52 heavy (non-hydrogen) atoms. The smallest absolute Gasteiger partial charge is 0.161 e. The van der Waals surface area contributed by atoms with E-state index in [2.05, 4.69) is 51.1 Å². The van der Waals surface area contributed by atoms with Crippen LogP contribution >= 0.6 is 0 Å². The zero-order chi connectivity index (χ0) is 49.2. The Morgan fingerprint density at radius 2 is 1.50 bits per heavy atom. The highest BCUT2D eigenvalue weighted by molar-refractivity contribution is 5.84. The number of allylic oxidation sites excluding steroid dienone is 2. The van der Waals surface area contributed by atoms with E-state index in [9.17, 15) is 9.59 Å². The predicted octanol–water partition coefficient (Wildman–Crippen LogP) is 7.54. The summed E-state index contributed by atoms with van der Waals surface area (Å²) in [6.45, 7) is 21.2. The van der Waals surface area contributed by atoms with Gasteiger partial charge in [-0.05, 0) is 93.0 Å². The Kier molecular flexibility index (Phi) is 11.5. The monoisotopic (exact) mass is 732 g/mol. The van der Waals surface area contributed by atoms with E-state index in [1.165, 1.54) is 24.3 Å². The topological polar surface area (TPSA) is 86.7 Å². The van der Waals surface area contributed by atoms with Gasteiger partial charge in [-0.3, -0.25) is 19.5 Å². The Labute approximate surface area is 331 Å². The number of ether oxygens (including phenoxy) is 4. The number of carbonyl (C=O) groups is 2. The lowest BCUT2D eigenvalue weighted by Crippen LogP contribution is -2.46. The van der Waals surface area contributed by atoms with Crippen LogP contribution in [0.1, 0.15) is 91.7 Å². The first-order chi connectivity index (χ1) is 29.2. The van der Waals surface area contributed by atoms with Crippen LogP contribution < -0.4 is 18.9 Å². The van der Waals surface area contributed by atoms with Crippen LogP contribution in [0.5, 0.6) is 23.0 Å². The van der Waals surface area contributed by atoms with Crippen LogP contribution in [0.25, 0.3) is 0 Å². The van der Waals surface area contributed by atoms with Crippen LogP contribution in [0.4, 0.5) is 0 Å². The molecule has 0 saturated carbocycles. The van der Waals surface area contributed by atoms with Gasteiger partial charge >= 0.3 is 0 Å². The number of hydrogen-bond donors (Lipinski definition) is 0. The summed E-state index contributed by atoms with van der Waals surface area (Å²) in [5, 5.41) is 0. The predicted molar refractivity (Wildman–Crippen MR) is 213 cm³/mol. The number of hydrogen-bond acceptors (Lipinski definition) is 8. The van der Waals surface area contributed by atoms with Crippen molar-refractivity contribution in [3.63, 3.8) is 0 Å². The highest BCUT2D eigenvalue weighted by atomic mass is 16.5. The van der Waals surface area contributed by atoms with Crippen molar-refractivity contribution in [3.8, 4) is 23.0 Å². The maximum atomic E-state index is 12.7. The number of carbonyl (C=O) groups excluding carboxylic acids is 2.